The fourth-order valence-electron chi connectivity index (χ4n) is 1.88. The molecule has 0 aliphatic rings. The number of aromatic nitrogens is 3. The van der Waals surface area contributed by atoms with Gasteiger partial charge >= 0.3 is 0 Å². The second kappa shape index (κ2) is 5.71. The summed E-state index contributed by atoms with van der Waals surface area (Å²) in [5, 5.41) is 7.32. The average Bonchev–Trinajstić information content (AvgIpc) is 2.92. The van der Waals surface area contributed by atoms with Gasteiger partial charge in [-0.1, -0.05) is 18.5 Å². The summed E-state index contributed by atoms with van der Waals surface area (Å²) in [5.41, 5.74) is 2.08. The van der Waals surface area contributed by atoms with E-state index >= 15 is 0 Å². The lowest BCUT2D eigenvalue weighted by atomic mass is 10.2. The van der Waals surface area contributed by atoms with Crippen LogP contribution in [0.2, 0.25) is 0 Å². The van der Waals surface area contributed by atoms with E-state index in [1.807, 2.05) is 26.2 Å². The van der Waals surface area contributed by atoms with Crippen LogP contribution in [0.4, 0.5) is 5.95 Å². The Morgan fingerprint density at radius 3 is 2.89 bits per heavy atom. The van der Waals surface area contributed by atoms with Gasteiger partial charge in [-0.3, -0.25) is 0 Å². The molecule has 0 spiro atoms. The molecule has 18 heavy (non-hydrogen) atoms. The molecule has 5 nitrogen and oxygen atoms in total. The zero-order valence-corrected chi connectivity index (χ0v) is 11.2. The Bertz CT molecular complexity index is 481. The van der Waals surface area contributed by atoms with E-state index in [-0.39, 0.29) is 0 Å². The lowest BCUT2D eigenvalue weighted by Crippen LogP contribution is -2.09. The smallest absolute Gasteiger partial charge is 0.203 e. The van der Waals surface area contributed by atoms with Crippen molar-refractivity contribution in [3.63, 3.8) is 0 Å². The minimum absolute atomic E-state index is 0.746. The van der Waals surface area contributed by atoms with Crippen molar-refractivity contribution in [1.29, 1.82) is 0 Å². The third-order valence-corrected chi connectivity index (χ3v) is 3.04. The van der Waals surface area contributed by atoms with E-state index in [1.165, 1.54) is 6.42 Å². The van der Waals surface area contributed by atoms with Gasteiger partial charge in [0.25, 0.3) is 0 Å². The van der Waals surface area contributed by atoms with Gasteiger partial charge in [0.15, 0.2) is 0 Å². The lowest BCUT2D eigenvalue weighted by Gasteiger charge is -2.09. The van der Waals surface area contributed by atoms with Gasteiger partial charge in [0, 0.05) is 24.5 Å². The van der Waals surface area contributed by atoms with Gasteiger partial charge in [-0.15, -0.1) is 0 Å². The topological polar surface area (TPSA) is 55.9 Å². The summed E-state index contributed by atoms with van der Waals surface area (Å²) < 4.78 is 7.26. The molecule has 98 valence electrons. The Morgan fingerprint density at radius 2 is 2.22 bits per heavy atom. The van der Waals surface area contributed by atoms with Gasteiger partial charge in [0.05, 0.1) is 12.2 Å². The van der Waals surface area contributed by atoms with E-state index in [0.29, 0.717) is 0 Å². The normalized spacial score (nSPS) is 10.8. The van der Waals surface area contributed by atoms with Crippen LogP contribution in [-0.4, -0.2) is 21.3 Å². The van der Waals surface area contributed by atoms with E-state index in [1.54, 1.807) is 0 Å². The molecule has 5 heteroatoms. The molecular weight excluding hydrogens is 228 g/mol. The van der Waals surface area contributed by atoms with Gasteiger partial charge in [0.1, 0.15) is 5.76 Å². The molecule has 0 fully saturated rings. The molecular formula is C13H20N4O. The predicted molar refractivity (Wildman–Crippen MR) is 70.7 cm³/mol. The summed E-state index contributed by atoms with van der Waals surface area (Å²) >= 11 is 0. The Hall–Kier alpha value is -1.78. The zero-order valence-electron chi connectivity index (χ0n) is 11.2. The van der Waals surface area contributed by atoms with Gasteiger partial charge in [-0.25, -0.2) is 4.98 Å². The number of unbranched alkanes of at least 4 members (excludes halogenated alkanes) is 1. The zero-order chi connectivity index (χ0) is 13.0. The van der Waals surface area contributed by atoms with Crippen molar-refractivity contribution in [1.82, 2.24) is 14.7 Å². The molecule has 0 unspecified atom stereocenters. The summed E-state index contributed by atoms with van der Waals surface area (Å²) in [6.45, 7) is 7.78. The number of anilines is 1. The first-order valence-electron chi connectivity index (χ1n) is 6.39. The Morgan fingerprint density at radius 1 is 1.39 bits per heavy atom. The van der Waals surface area contributed by atoms with Crippen molar-refractivity contribution in [2.75, 3.05) is 11.9 Å². The number of nitrogens with one attached hydrogen (secondary N) is 1. The minimum atomic E-state index is 0.746. The highest BCUT2D eigenvalue weighted by atomic mass is 16.5. The number of nitrogens with zero attached hydrogens (tertiary/aromatic N) is 3. The Kier molecular flexibility index (Phi) is 4.02. The molecule has 0 atom stereocenters. The lowest BCUT2D eigenvalue weighted by molar-refractivity contribution is 0.392. The number of rotatable bonds is 6. The monoisotopic (exact) mass is 248 g/mol. The highest BCUT2D eigenvalue weighted by Gasteiger charge is 2.11. The average molecular weight is 248 g/mol. The number of hydrogen-bond acceptors (Lipinski definition) is 4. The maximum absolute atomic E-state index is 5.18. The number of hydrogen-bond donors (Lipinski definition) is 1. The van der Waals surface area contributed by atoms with E-state index in [4.69, 9.17) is 4.52 Å². The molecule has 0 aliphatic heterocycles. The molecule has 2 heterocycles. The molecule has 2 aromatic heterocycles. The summed E-state index contributed by atoms with van der Waals surface area (Å²) in [6.07, 6.45) is 6.11. The van der Waals surface area contributed by atoms with Crippen molar-refractivity contribution in [2.24, 2.45) is 0 Å². The molecule has 0 saturated heterocycles. The van der Waals surface area contributed by atoms with Crippen LogP contribution in [-0.2, 0) is 6.54 Å². The first kappa shape index (κ1) is 12.7. The highest BCUT2D eigenvalue weighted by molar-refractivity contribution is 5.29. The van der Waals surface area contributed by atoms with Crippen LogP contribution in [0.15, 0.2) is 16.9 Å². The maximum atomic E-state index is 5.18. The van der Waals surface area contributed by atoms with Crippen molar-refractivity contribution in [3.05, 3.63) is 29.4 Å². The fraction of sp³-hybridized carbons (Fsp3) is 0.538. The van der Waals surface area contributed by atoms with Crippen LogP contribution in [0.25, 0.3) is 0 Å². The van der Waals surface area contributed by atoms with Crippen LogP contribution in [0.5, 0.6) is 0 Å². The van der Waals surface area contributed by atoms with E-state index < -0.39 is 0 Å². The number of imidazole rings is 1. The first-order chi connectivity index (χ1) is 8.72. The number of aryl methyl sites for hydroxylation is 2. The fourth-order valence-corrected chi connectivity index (χ4v) is 1.88. The molecule has 1 N–H and O–H groups in total. The standard InChI is InChI=1S/C13H20N4O/c1-4-5-6-14-13-15-7-8-17(13)9-12-10(2)16-18-11(12)3/h7-8H,4-6,9H2,1-3H3,(H,14,15). The largest absolute Gasteiger partial charge is 0.361 e. The van der Waals surface area contributed by atoms with Gasteiger partial charge in [0.2, 0.25) is 5.95 Å². The first-order valence-corrected chi connectivity index (χ1v) is 6.39. The van der Waals surface area contributed by atoms with Gasteiger partial charge < -0.3 is 14.4 Å². The summed E-state index contributed by atoms with van der Waals surface area (Å²) in [6, 6.07) is 0. The van der Waals surface area contributed by atoms with Crippen LogP contribution in [0, 0.1) is 13.8 Å². The SMILES string of the molecule is CCCCNc1nccn1Cc1c(C)noc1C. The molecule has 0 aliphatic carbocycles. The van der Waals surface area contributed by atoms with E-state index in [9.17, 15) is 0 Å². The Balaban J connectivity index is 2.08. The van der Waals surface area contributed by atoms with Crippen molar-refractivity contribution in [2.45, 2.75) is 40.2 Å². The van der Waals surface area contributed by atoms with Crippen LogP contribution < -0.4 is 5.32 Å². The van der Waals surface area contributed by atoms with Crippen LogP contribution in [0.3, 0.4) is 0 Å². The molecule has 2 aromatic rings. The van der Waals surface area contributed by atoms with Crippen molar-refractivity contribution >= 4 is 5.95 Å². The third-order valence-electron chi connectivity index (χ3n) is 3.04. The molecule has 0 saturated carbocycles. The predicted octanol–water partition coefficient (Wildman–Crippen LogP) is 2.75. The molecule has 0 radical (unpaired) electrons. The summed E-state index contributed by atoms with van der Waals surface area (Å²) in [4.78, 5) is 4.33. The summed E-state index contributed by atoms with van der Waals surface area (Å²) in [7, 11) is 0. The summed E-state index contributed by atoms with van der Waals surface area (Å²) in [5.74, 6) is 1.78. The second-order valence-electron chi connectivity index (χ2n) is 4.46. The molecule has 0 aromatic carbocycles. The maximum Gasteiger partial charge on any atom is 0.203 e. The van der Waals surface area contributed by atoms with E-state index in [2.05, 4.69) is 26.9 Å². The van der Waals surface area contributed by atoms with Gasteiger partial charge in [-0.05, 0) is 20.3 Å². The molecule has 2 rings (SSSR count). The second-order valence-corrected chi connectivity index (χ2v) is 4.46. The minimum Gasteiger partial charge on any atom is -0.361 e. The Labute approximate surface area is 107 Å². The molecule has 0 amide bonds. The van der Waals surface area contributed by atoms with E-state index in [0.717, 1.165) is 42.5 Å². The van der Waals surface area contributed by atoms with Crippen molar-refractivity contribution in [3.8, 4) is 0 Å². The third kappa shape index (κ3) is 2.72. The quantitative estimate of drug-likeness (QED) is 0.799. The highest BCUT2D eigenvalue weighted by Crippen LogP contribution is 2.16. The van der Waals surface area contributed by atoms with Crippen LogP contribution >= 0.6 is 0 Å². The molecule has 0 bridgehead atoms. The van der Waals surface area contributed by atoms with Crippen molar-refractivity contribution < 1.29 is 4.52 Å². The van der Waals surface area contributed by atoms with Gasteiger partial charge in [-0.2, -0.15) is 0 Å². The van der Waals surface area contributed by atoms with Crippen LogP contribution in [0.1, 0.15) is 36.8 Å².